The van der Waals surface area contributed by atoms with Crippen molar-refractivity contribution in [3.05, 3.63) is 29.8 Å². The van der Waals surface area contributed by atoms with Crippen molar-refractivity contribution in [2.45, 2.75) is 31.6 Å². The molecule has 21 heavy (non-hydrogen) atoms. The third kappa shape index (κ3) is 5.47. The van der Waals surface area contributed by atoms with Gasteiger partial charge >= 0.3 is 0 Å². The number of hydrogen-bond acceptors (Lipinski definition) is 4. The summed E-state index contributed by atoms with van der Waals surface area (Å²) in [7, 11) is -3.40. The Balaban J connectivity index is 2.77. The molecule has 0 saturated carbocycles. The first-order valence-corrected chi connectivity index (χ1v) is 8.98. The first-order chi connectivity index (χ1) is 10.0. The van der Waals surface area contributed by atoms with E-state index in [9.17, 15) is 13.2 Å². The van der Waals surface area contributed by atoms with Crippen molar-refractivity contribution in [1.29, 1.82) is 0 Å². The van der Waals surface area contributed by atoms with Gasteiger partial charge in [-0.15, -0.1) is 0 Å². The van der Waals surface area contributed by atoms with E-state index < -0.39 is 9.84 Å². The SMILES string of the molecule is CCCNCCNC(=O)c1ccccc1S(=O)(=O)CCC. The van der Waals surface area contributed by atoms with E-state index in [0.29, 0.717) is 19.5 Å². The van der Waals surface area contributed by atoms with Crippen LogP contribution < -0.4 is 10.6 Å². The lowest BCUT2D eigenvalue weighted by Crippen LogP contribution is -2.32. The van der Waals surface area contributed by atoms with E-state index in [4.69, 9.17) is 0 Å². The minimum atomic E-state index is -3.40. The van der Waals surface area contributed by atoms with Gasteiger partial charge in [0.1, 0.15) is 0 Å². The van der Waals surface area contributed by atoms with Crippen LogP contribution in [0.2, 0.25) is 0 Å². The maximum absolute atomic E-state index is 12.2. The first kappa shape index (κ1) is 17.7. The first-order valence-electron chi connectivity index (χ1n) is 7.33. The fraction of sp³-hybridized carbons (Fsp3) is 0.533. The average molecular weight is 312 g/mol. The zero-order valence-electron chi connectivity index (χ0n) is 12.7. The topological polar surface area (TPSA) is 75.3 Å². The highest BCUT2D eigenvalue weighted by Crippen LogP contribution is 2.17. The molecule has 0 unspecified atom stereocenters. The molecule has 0 radical (unpaired) electrons. The van der Waals surface area contributed by atoms with E-state index in [0.717, 1.165) is 13.0 Å². The molecule has 0 atom stereocenters. The molecule has 0 saturated heterocycles. The molecule has 0 bridgehead atoms. The van der Waals surface area contributed by atoms with E-state index in [2.05, 4.69) is 17.6 Å². The molecule has 5 nitrogen and oxygen atoms in total. The summed E-state index contributed by atoms with van der Waals surface area (Å²) in [6.45, 7) is 5.92. The van der Waals surface area contributed by atoms with E-state index in [1.54, 1.807) is 25.1 Å². The van der Waals surface area contributed by atoms with Crippen LogP contribution in [0.5, 0.6) is 0 Å². The van der Waals surface area contributed by atoms with Gasteiger partial charge in [0.25, 0.3) is 5.91 Å². The molecule has 118 valence electrons. The van der Waals surface area contributed by atoms with Crippen LogP contribution in [0.1, 0.15) is 37.0 Å². The van der Waals surface area contributed by atoms with Crippen LogP contribution in [0.25, 0.3) is 0 Å². The zero-order valence-corrected chi connectivity index (χ0v) is 13.5. The summed E-state index contributed by atoms with van der Waals surface area (Å²) >= 11 is 0. The van der Waals surface area contributed by atoms with Gasteiger partial charge in [-0.05, 0) is 31.5 Å². The Bertz CT molecular complexity index is 556. The highest BCUT2D eigenvalue weighted by Gasteiger charge is 2.20. The molecule has 1 rings (SSSR count). The standard InChI is InChI=1S/C15H24N2O3S/c1-3-9-16-10-11-17-15(18)13-7-5-6-8-14(13)21(19,20)12-4-2/h5-8,16H,3-4,9-12H2,1-2H3,(H,17,18). The zero-order chi connectivity index (χ0) is 15.7. The van der Waals surface area contributed by atoms with Gasteiger partial charge in [-0.3, -0.25) is 4.79 Å². The third-order valence-corrected chi connectivity index (χ3v) is 4.93. The van der Waals surface area contributed by atoms with Gasteiger partial charge in [0, 0.05) is 13.1 Å². The molecular formula is C15H24N2O3S. The van der Waals surface area contributed by atoms with Crippen molar-refractivity contribution in [3.63, 3.8) is 0 Å². The molecule has 0 fully saturated rings. The number of rotatable bonds is 9. The Hall–Kier alpha value is -1.40. The molecule has 1 aromatic rings. The van der Waals surface area contributed by atoms with Crippen LogP contribution in [-0.4, -0.2) is 39.7 Å². The molecule has 0 aliphatic rings. The molecular weight excluding hydrogens is 288 g/mol. The van der Waals surface area contributed by atoms with Crippen LogP contribution >= 0.6 is 0 Å². The molecule has 2 N–H and O–H groups in total. The van der Waals surface area contributed by atoms with Crippen molar-refractivity contribution >= 4 is 15.7 Å². The summed E-state index contributed by atoms with van der Waals surface area (Å²) < 4.78 is 24.4. The smallest absolute Gasteiger partial charge is 0.252 e. The molecule has 0 heterocycles. The van der Waals surface area contributed by atoms with Gasteiger partial charge in [0.05, 0.1) is 16.2 Å². The molecule has 0 aliphatic carbocycles. The summed E-state index contributed by atoms with van der Waals surface area (Å²) in [6.07, 6.45) is 1.56. The van der Waals surface area contributed by atoms with Gasteiger partial charge in [-0.2, -0.15) is 0 Å². The molecule has 1 amide bonds. The number of carbonyl (C=O) groups is 1. The van der Waals surface area contributed by atoms with E-state index >= 15 is 0 Å². The van der Waals surface area contributed by atoms with Crippen LogP contribution in [0.3, 0.4) is 0 Å². The Morgan fingerprint density at radius 2 is 1.76 bits per heavy atom. The summed E-state index contributed by atoms with van der Waals surface area (Å²) in [5.41, 5.74) is 0.224. The fourth-order valence-corrected chi connectivity index (χ4v) is 3.50. The monoisotopic (exact) mass is 312 g/mol. The number of carbonyl (C=O) groups excluding carboxylic acids is 1. The third-order valence-electron chi connectivity index (χ3n) is 2.95. The predicted molar refractivity (Wildman–Crippen MR) is 84.3 cm³/mol. The minimum Gasteiger partial charge on any atom is -0.351 e. The number of nitrogens with one attached hydrogen (secondary N) is 2. The molecule has 0 aromatic heterocycles. The normalized spacial score (nSPS) is 11.3. The van der Waals surface area contributed by atoms with Gasteiger partial charge < -0.3 is 10.6 Å². The molecule has 1 aromatic carbocycles. The van der Waals surface area contributed by atoms with Crippen molar-refractivity contribution in [2.24, 2.45) is 0 Å². The second kappa shape index (κ2) is 8.79. The van der Waals surface area contributed by atoms with Crippen molar-refractivity contribution < 1.29 is 13.2 Å². The highest BCUT2D eigenvalue weighted by molar-refractivity contribution is 7.91. The van der Waals surface area contributed by atoms with Crippen molar-refractivity contribution in [1.82, 2.24) is 10.6 Å². The quantitative estimate of drug-likeness (QED) is 0.679. The fourth-order valence-electron chi connectivity index (χ4n) is 1.97. The Kier molecular flexibility index (Phi) is 7.39. The van der Waals surface area contributed by atoms with Gasteiger partial charge in [-0.25, -0.2) is 8.42 Å². The summed E-state index contributed by atoms with van der Waals surface area (Å²) in [5.74, 6) is -0.293. The van der Waals surface area contributed by atoms with Gasteiger partial charge in [0.15, 0.2) is 9.84 Å². The summed E-state index contributed by atoms with van der Waals surface area (Å²) in [6, 6.07) is 6.37. The van der Waals surface area contributed by atoms with Gasteiger partial charge in [-0.1, -0.05) is 26.0 Å². The summed E-state index contributed by atoms with van der Waals surface area (Å²) in [5, 5.41) is 5.92. The Labute approximate surface area is 127 Å². The minimum absolute atomic E-state index is 0.0509. The second-order valence-electron chi connectivity index (χ2n) is 4.82. The molecule has 6 heteroatoms. The Morgan fingerprint density at radius 3 is 2.43 bits per heavy atom. The predicted octanol–water partition coefficient (Wildman–Crippen LogP) is 1.60. The largest absolute Gasteiger partial charge is 0.351 e. The van der Waals surface area contributed by atoms with E-state index in [-0.39, 0.29) is 22.1 Å². The van der Waals surface area contributed by atoms with E-state index in [1.807, 2.05) is 0 Å². The van der Waals surface area contributed by atoms with Crippen molar-refractivity contribution in [2.75, 3.05) is 25.4 Å². The van der Waals surface area contributed by atoms with Crippen LogP contribution in [-0.2, 0) is 9.84 Å². The Morgan fingerprint density at radius 1 is 1.05 bits per heavy atom. The number of sulfone groups is 1. The average Bonchev–Trinajstić information content (AvgIpc) is 2.47. The number of benzene rings is 1. The second-order valence-corrected chi connectivity index (χ2v) is 6.90. The number of hydrogen-bond donors (Lipinski definition) is 2. The van der Waals surface area contributed by atoms with Crippen LogP contribution in [0.15, 0.2) is 29.2 Å². The maximum atomic E-state index is 12.2. The van der Waals surface area contributed by atoms with Gasteiger partial charge in [0.2, 0.25) is 0 Å². The molecule has 0 aliphatic heterocycles. The number of amides is 1. The van der Waals surface area contributed by atoms with E-state index in [1.165, 1.54) is 6.07 Å². The maximum Gasteiger partial charge on any atom is 0.252 e. The summed E-state index contributed by atoms with van der Waals surface area (Å²) in [4.78, 5) is 12.3. The van der Waals surface area contributed by atoms with Crippen molar-refractivity contribution in [3.8, 4) is 0 Å². The highest BCUT2D eigenvalue weighted by atomic mass is 32.2. The van der Waals surface area contributed by atoms with Crippen LogP contribution in [0, 0.1) is 0 Å². The lowest BCUT2D eigenvalue weighted by Gasteiger charge is -2.10. The lowest BCUT2D eigenvalue weighted by molar-refractivity contribution is 0.0950. The molecule has 0 spiro atoms. The lowest BCUT2D eigenvalue weighted by atomic mass is 10.2. The van der Waals surface area contributed by atoms with Crippen LogP contribution in [0.4, 0.5) is 0 Å².